The van der Waals surface area contributed by atoms with Gasteiger partial charge in [0.2, 0.25) is 0 Å². The Morgan fingerprint density at radius 2 is 0.833 bits per heavy atom. The molecule has 0 heterocycles. The molecule has 0 bridgehead atoms. The molecule has 0 saturated carbocycles. The van der Waals surface area contributed by atoms with Crippen LogP contribution in [0.25, 0.3) is 0 Å². The molecule has 0 aliphatic heterocycles. The molecule has 0 saturated heterocycles. The van der Waals surface area contributed by atoms with E-state index in [9.17, 15) is 26.3 Å². The smallest absolute Gasteiger partial charge is 0.416 e. The Morgan fingerprint density at radius 1 is 0.500 bits per heavy atom. The molecule has 48 heavy (non-hydrogen) atoms. The summed E-state index contributed by atoms with van der Waals surface area (Å²) in [6.07, 6.45) is -8.85. The number of rotatable bonds is 15. The predicted molar refractivity (Wildman–Crippen MR) is 179 cm³/mol. The van der Waals surface area contributed by atoms with E-state index in [0.717, 1.165) is 40.8 Å². The molecule has 4 rings (SSSR count). The minimum Gasteiger partial charge on any atom is -0.489 e. The third kappa shape index (κ3) is 10.9. The van der Waals surface area contributed by atoms with Crippen molar-refractivity contribution in [1.29, 1.82) is 0 Å². The predicted octanol–water partition coefficient (Wildman–Crippen LogP) is 4.67. The van der Waals surface area contributed by atoms with E-state index in [1.165, 1.54) is 24.3 Å². The highest BCUT2D eigenvalue weighted by Crippen LogP contribution is 2.29. The van der Waals surface area contributed by atoms with Crippen molar-refractivity contribution in [3.8, 4) is 5.75 Å². The van der Waals surface area contributed by atoms with Crippen LogP contribution in [0.3, 0.4) is 0 Å². The van der Waals surface area contributed by atoms with Crippen molar-refractivity contribution in [2.45, 2.75) is 19.0 Å². The van der Waals surface area contributed by atoms with Crippen LogP contribution >= 0.6 is 0 Å². The molecule has 0 aliphatic carbocycles. The Hall–Kier alpha value is -3.77. The van der Waals surface area contributed by atoms with Crippen molar-refractivity contribution in [1.82, 2.24) is 9.80 Å². The van der Waals surface area contributed by atoms with Gasteiger partial charge in [-0.05, 0) is 67.7 Å². The van der Waals surface area contributed by atoms with Gasteiger partial charge in [0.05, 0.1) is 11.1 Å². The molecule has 0 atom stereocenters. The summed E-state index contributed by atoms with van der Waals surface area (Å²) in [6, 6.07) is 24.8. The monoisotopic (exact) mass is 670 g/mol. The molecule has 0 radical (unpaired) electrons. The van der Waals surface area contributed by atoms with Gasteiger partial charge < -0.3 is 23.8 Å². The van der Waals surface area contributed by atoms with Crippen LogP contribution in [0, 0.1) is 0 Å². The average Bonchev–Trinajstić information content (AvgIpc) is 3.04. The van der Waals surface area contributed by atoms with Gasteiger partial charge >= 0.3 is 26.2 Å². The molecule has 0 aromatic heterocycles. The van der Waals surface area contributed by atoms with Crippen molar-refractivity contribution in [2.75, 3.05) is 54.5 Å². The molecule has 0 spiro atoms. The third-order valence-corrected chi connectivity index (χ3v) is 7.60. The van der Waals surface area contributed by atoms with Crippen LogP contribution in [0.5, 0.6) is 5.75 Å². The van der Waals surface area contributed by atoms with E-state index in [1.54, 1.807) is 12.1 Å². The Balaban J connectivity index is 1.44. The number of alkyl halides is 6. The summed E-state index contributed by atoms with van der Waals surface area (Å²) in [5, 5.41) is 0. The Kier molecular flexibility index (Phi) is 12.8. The van der Waals surface area contributed by atoms with Gasteiger partial charge in [-0.15, -0.1) is 0 Å². The highest BCUT2D eigenvalue weighted by atomic mass is 19.4. The van der Waals surface area contributed by atoms with Gasteiger partial charge in [-0.25, -0.2) is 0 Å². The first-order chi connectivity index (χ1) is 22.7. The van der Waals surface area contributed by atoms with Gasteiger partial charge in [-0.2, -0.15) is 26.3 Å². The maximum absolute atomic E-state index is 13.1. The lowest BCUT2D eigenvalue weighted by Crippen LogP contribution is -2.46. The lowest BCUT2D eigenvalue weighted by Gasteiger charge is -2.19. The topological polar surface area (TPSA) is 34.2 Å². The Labute approximate surface area is 278 Å². The molecule has 5 nitrogen and oxygen atoms in total. The number of nitrogens with zero attached hydrogens (tertiary/aromatic N) is 2. The van der Waals surface area contributed by atoms with Crippen LogP contribution in [-0.4, -0.2) is 78.1 Å². The van der Waals surface area contributed by atoms with Gasteiger partial charge in [-0.3, -0.25) is 0 Å². The number of benzene rings is 4. The fraction of sp³-hybridized carbons (Fsp3) is 0.314. The fourth-order valence-corrected chi connectivity index (χ4v) is 4.86. The molecule has 0 amide bonds. The maximum Gasteiger partial charge on any atom is 0.416 e. The van der Waals surface area contributed by atoms with Crippen LogP contribution < -0.4 is 26.6 Å². The summed E-state index contributed by atoms with van der Waals surface area (Å²) in [5.41, 5.74) is 2.23. The number of hydrogen-bond donors (Lipinski definition) is 0. The fourth-order valence-electron chi connectivity index (χ4n) is 4.86. The summed E-state index contributed by atoms with van der Waals surface area (Å²) in [4.78, 5) is 3.92. The van der Waals surface area contributed by atoms with Gasteiger partial charge in [0.25, 0.3) is 0 Å². The largest absolute Gasteiger partial charge is 0.489 e. The average molecular weight is 670 g/mol. The second-order valence-electron chi connectivity index (χ2n) is 11.9. The molecule has 4 aromatic rings. The first kappa shape index (κ1) is 37.1. The highest BCUT2D eigenvalue weighted by molar-refractivity contribution is 6.80. The van der Waals surface area contributed by atoms with Gasteiger partial charge in [-0.1, -0.05) is 84.9 Å². The number of likely N-dealkylation sites (N-methyl/N-ethyl adjacent to an activating group) is 2. The van der Waals surface area contributed by atoms with E-state index in [-0.39, 0.29) is 6.61 Å². The van der Waals surface area contributed by atoms with E-state index >= 15 is 0 Å². The minimum absolute atomic E-state index is 0.258. The van der Waals surface area contributed by atoms with Crippen molar-refractivity contribution < 1.29 is 40.4 Å². The summed E-state index contributed by atoms with van der Waals surface area (Å²) < 4.78 is 97.0. The van der Waals surface area contributed by atoms with E-state index in [0.29, 0.717) is 43.0 Å². The second kappa shape index (κ2) is 16.6. The lowest BCUT2D eigenvalue weighted by atomic mass is 9.55. The van der Waals surface area contributed by atoms with Gasteiger partial charge in [0.15, 0.2) is 0 Å². The summed E-state index contributed by atoms with van der Waals surface area (Å²) in [7, 11) is 7.65. The molecular weight excluding hydrogens is 632 g/mol. The van der Waals surface area contributed by atoms with Crippen LogP contribution in [0.15, 0.2) is 97.1 Å². The molecule has 254 valence electrons. The number of halogens is 6. The molecule has 0 N–H and O–H groups in total. The van der Waals surface area contributed by atoms with E-state index in [1.807, 2.05) is 74.4 Å². The number of ether oxygens (including phenoxy) is 1. The van der Waals surface area contributed by atoms with E-state index in [4.69, 9.17) is 14.0 Å². The zero-order valence-corrected chi connectivity index (χ0v) is 27.3. The van der Waals surface area contributed by atoms with Crippen molar-refractivity contribution in [2.24, 2.45) is 0 Å². The summed E-state index contributed by atoms with van der Waals surface area (Å²) in [6.45, 7) is 1.21. The maximum atomic E-state index is 13.1. The second-order valence-corrected chi connectivity index (χ2v) is 11.9. The first-order valence-electron chi connectivity index (χ1n) is 15.4. The molecule has 0 unspecified atom stereocenters. The molecular formula is C35H38B2F6N2O3. The Morgan fingerprint density at radius 3 is 1.17 bits per heavy atom. The van der Waals surface area contributed by atoms with Crippen molar-refractivity contribution in [3.05, 3.63) is 114 Å². The minimum atomic E-state index is -4.42. The van der Waals surface area contributed by atoms with Crippen LogP contribution in [0.2, 0.25) is 0 Å². The highest BCUT2D eigenvalue weighted by Gasteiger charge is 2.32. The molecule has 0 fully saturated rings. The normalized spacial score (nSPS) is 12.1. The molecule has 13 heteroatoms. The van der Waals surface area contributed by atoms with Crippen molar-refractivity contribution >= 4 is 35.7 Å². The first-order valence-corrected chi connectivity index (χ1v) is 15.4. The zero-order valence-electron chi connectivity index (χ0n) is 27.3. The van der Waals surface area contributed by atoms with E-state index < -0.39 is 37.3 Å². The SMILES string of the molecule is CN(C)CCOB(c1ccc(COc2ccc(B(OCCN(C)C)c3ccc(C(F)(F)F)cc3)cc2)cc1)c1ccc(C(F)(F)F)cc1. The quantitative estimate of drug-likeness (QED) is 0.136. The lowest BCUT2D eigenvalue weighted by molar-refractivity contribution is -0.138. The Bertz CT molecular complexity index is 1430. The summed E-state index contributed by atoms with van der Waals surface area (Å²) in [5.74, 6) is 0.594. The van der Waals surface area contributed by atoms with Crippen molar-refractivity contribution in [3.63, 3.8) is 0 Å². The van der Waals surface area contributed by atoms with Crippen LogP contribution in [0.4, 0.5) is 26.3 Å². The third-order valence-electron chi connectivity index (χ3n) is 7.60. The zero-order chi connectivity index (χ0) is 34.9. The molecule has 4 aromatic carbocycles. The van der Waals surface area contributed by atoms with Crippen LogP contribution in [-0.2, 0) is 28.3 Å². The van der Waals surface area contributed by atoms with Gasteiger partial charge in [0, 0.05) is 26.3 Å². The van der Waals surface area contributed by atoms with Gasteiger partial charge in [0.1, 0.15) is 12.4 Å². The molecule has 0 aliphatic rings. The standard InChI is InChI=1S/C35H38B2F6N2O3/c1-44(2)21-23-47-36(30-13-7-27(8-14-30)34(38,39)40)29-11-5-26(6-12-29)25-46-33-19-17-32(18-20-33)37(48-24-22-45(3)4)31-15-9-28(10-16-31)35(41,42)43/h5-20H,21-25H2,1-4H3. The number of hydrogen-bond acceptors (Lipinski definition) is 5. The van der Waals surface area contributed by atoms with Crippen LogP contribution in [0.1, 0.15) is 16.7 Å². The summed E-state index contributed by atoms with van der Waals surface area (Å²) >= 11 is 0. The van der Waals surface area contributed by atoms with E-state index in [2.05, 4.69) is 0 Å².